The number of nitrogens with zero attached hydrogens (tertiary/aromatic N) is 2. The van der Waals surface area contributed by atoms with Crippen LogP contribution in [-0.4, -0.2) is 69.7 Å². The van der Waals surface area contributed by atoms with Crippen molar-refractivity contribution in [3.63, 3.8) is 0 Å². The van der Waals surface area contributed by atoms with E-state index in [-0.39, 0.29) is 17.3 Å². The second-order valence-electron chi connectivity index (χ2n) is 7.92. The van der Waals surface area contributed by atoms with Crippen molar-refractivity contribution in [1.82, 2.24) is 9.21 Å². The molecule has 0 aromatic carbocycles. The third-order valence-electron chi connectivity index (χ3n) is 6.27. The van der Waals surface area contributed by atoms with Crippen LogP contribution in [0.15, 0.2) is 0 Å². The predicted molar refractivity (Wildman–Crippen MR) is 92.0 cm³/mol. The highest BCUT2D eigenvalue weighted by molar-refractivity contribution is 7.88. The number of ether oxygens (including phenoxy) is 1. The van der Waals surface area contributed by atoms with E-state index in [2.05, 4.69) is 0 Å². The van der Waals surface area contributed by atoms with E-state index in [1.165, 1.54) is 12.7 Å². The summed E-state index contributed by atoms with van der Waals surface area (Å²) >= 11 is 0. The van der Waals surface area contributed by atoms with Crippen molar-refractivity contribution in [2.45, 2.75) is 38.5 Å². The summed E-state index contributed by atoms with van der Waals surface area (Å²) in [5, 5.41) is 0. The number of hydrogen-bond donors (Lipinski definition) is 0. The minimum atomic E-state index is -3.20. The summed E-state index contributed by atoms with van der Waals surface area (Å²) in [6.07, 6.45) is 7.68. The Morgan fingerprint density at radius 3 is 2.54 bits per heavy atom. The molecule has 0 aromatic rings. The number of sulfonamides is 1. The van der Waals surface area contributed by atoms with Gasteiger partial charge in [0.25, 0.3) is 0 Å². The maximum Gasteiger partial charge on any atom is 0.225 e. The highest BCUT2D eigenvalue weighted by atomic mass is 32.2. The molecule has 1 saturated carbocycles. The van der Waals surface area contributed by atoms with Crippen molar-refractivity contribution in [2.75, 3.05) is 46.2 Å². The van der Waals surface area contributed by atoms with Gasteiger partial charge in [0.05, 0.1) is 12.9 Å². The van der Waals surface area contributed by atoms with E-state index in [1.54, 1.807) is 11.4 Å². The van der Waals surface area contributed by atoms with Crippen LogP contribution in [0, 0.1) is 17.3 Å². The number of piperidine rings is 1. The topological polar surface area (TPSA) is 66.9 Å². The fourth-order valence-corrected chi connectivity index (χ4v) is 5.76. The van der Waals surface area contributed by atoms with Crippen LogP contribution in [0.3, 0.4) is 0 Å². The number of likely N-dealkylation sites (tertiary alicyclic amines) is 1. The SMILES string of the molecule is COCC12CCN(C(=O)C3CCCCC3)CC1CN(S(C)(=O)=O)C2. The largest absolute Gasteiger partial charge is 0.384 e. The molecule has 1 amide bonds. The van der Waals surface area contributed by atoms with Crippen LogP contribution in [0.2, 0.25) is 0 Å². The number of hydrogen-bond acceptors (Lipinski definition) is 4. The maximum atomic E-state index is 12.8. The first kappa shape index (κ1) is 18.1. The molecule has 2 saturated heterocycles. The van der Waals surface area contributed by atoms with Gasteiger partial charge < -0.3 is 9.64 Å². The molecule has 0 aromatic heterocycles. The molecule has 0 radical (unpaired) electrons. The van der Waals surface area contributed by atoms with Crippen molar-refractivity contribution in [3.05, 3.63) is 0 Å². The molecule has 1 aliphatic carbocycles. The Labute approximate surface area is 145 Å². The monoisotopic (exact) mass is 358 g/mol. The molecular weight excluding hydrogens is 328 g/mol. The van der Waals surface area contributed by atoms with Gasteiger partial charge in [0.2, 0.25) is 15.9 Å². The average molecular weight is 359 g/mol. The Kier molecular flexibility index (Phi) is 5.23. The molecule has 0 spiro atoms. The predicted octanol–water partition coefficient (Wildman–Crippen LogP) is 1.32. The van der Waals surface area contributed by atoms with Crippen LogP contribution in [0.5, 0.6) is 0 Å². The lowest BCUT2D eigenvalue weighted by molar-refractivity contribution is -0.141. The van der Waals surface area contributed by atoms with Gasteiger partial charge in [-0.05, 0) is 25.2 Å². The average Bonchev–Trinajstić information content (AvgIpc) is 2.94. The number of methoxy groups -OCH3 is 1. The molecule has 2 unspecified atom stereocenters. The molecule has 0 bridgehead atoms. The first-order chi connectivity index (χ1) is 11.4. The van der Waals surface area contributed by atoms with Crippen molar-refractivity contribution < 1.29 is 17.9 Å². The molecule has 2 aliphatic heterocycles. The van der Waals surface area contributed by atoms with Gasteiger partial charge in [-0.2, -0.15) is 0 Å². The van der Waals surface area contributed by atoms with Crippen molar-refractivity contribution in [3.8, 4) is 0 Å². The van der Waals surface area contributed by atoms with E-state index in [9.17, 15) is 13.2 Å². The van der Waals surface area contributed by atoms with E-state index in [0.29, 0.717) is 32.1 Å². The molecule has 138 valence electrons. The fraction of sp³-hybridized carbons (Fsp3) is 0.941. The molecular formula is C17H30N2O4S. The van der Waals surface area contributed by atoms with Gasteiger partial charge in [0, 0.05) is 44.6 Å². The Hall–Kier alpha value is -0.660. The van der Waals surface area contributed by atoms with Gasteiger partial charge in [-0.1, -0.05) is 19.3 Å². The molecule has 24 heavy (non-hydrogen) atoms. The van der Waals surface area contributed by atoms with Gasteiger partial charge in [0.1, 0.15) is 0 Å². The van der Waals surface area contributed by atoms with E-state index >= 15 is 0 Å². The van der Waals surface area contributed by atoms with Crippen LogP contribution in [0.25, 0.3) is 0 Å². The molecule has 2 heterocycles. The molecule has 6 nitrogen and oxygen atoms in total. The number of carbonyl (C=O) groups is 1. The second kappa shape index (κ2) is 6.92. The van der Waals surface area contributed by atoms with E-state index in [1.807, 2.05) is 4.90 Å². The van der Waals surface area contributed by atoms with Gasteiger partial charge in [-0.3, -0.25) is 4.79 Å². The molecule has 2 atom stereocenters. The van der Waals surface area contributed by atoms with Crippen LogP contribution in [0.1, 0.15) is 38.5 Å². The van der Waals surface area contributed by atoms with Gasteiger partial charge >= 0.3 is 0 Å². The molecule has 0 N–H and O–H groups in total. The van der Waals surface area contributed by atoms with Crippen LogP contribution >= 0.6 is 0 Å². The fourth-order valence-electron chi connectivity index (χ4n) is 4.82. The second-order valence-corrected chi connectivity index (χ2v) is 9.90. The van der Waals surface area contributed by atoms with Gasteiger partial charge in [-0.15, -0.1) is 0 Å². The molecule has 3 fully saturated rings. The van der Waals surface area contributed by atoms with E-state index in [4.69, 9.17) is 4.74 Å². The third kappa shape index (κ3) is 3.48. The summed E-state index contributed by atoms with van der Waals surface area (Å²) in [6.45, 7) is 3.00. The lowest BCUT2D eigenvalue weighted by Crippen LogP contribution is -2.52. The molecule has 7 heteroatoms. The minimum absolute atomic E-state index is 0.138. The molecule has 3 aliphatic rings. The zero-order chi connectivity index (χ0) is 17.4. The Balaban J connectivity index is 1.72. The number of carbonyl (C=O) groups excluding carboxylic acids is 1. The van der Waals surface area contributed by atoms with E-state index in [0.717, 1.165) is 38.6 Å². The summed E-state index contributed by atoms with van der Waals surface area (Å²) in [5.41, 5.74) is -0.138. The third-order valence-corrected chi connectivity index (χ3v) is 7.48. The first-order valence-electron chi connectivity index (χ1n) is 9.08. The Morgan fingerprint density at radius 2 is 1.92 bits per heavy atom. The zero-order valence-electron chi connectivity index (χ0n) is 14.9. The Bertz CT molecular complexity index is 573. The number of rotatable bonds is 4. The van der Waals surface area contributed by atoms with Crippen molar-refractivity contribution in [2.24, 2.45) is 17.3 Å². The summed E-state index contributed by atoms with van der Waals surface area (Å²) in [7, 11) is -1.53. The minimum Gasteiger partial charge on any atom is -0.384 e. The highest BCUT2D eigenvalue weighted by Crippen LogP contribution is 2.44. The van der Waals surface area contributed by atoms with Crippen molar-refractivity contribution >= 4 is 15.9 Å². The number of fused-ring (bicyclic) bond motifs is 1. The highest BCUT2D eigenvalue weighted by Gasteiger charge is 2.52. The van der Waals surface area contributed by atoms with Gasteiger partial charge in [0.15, 0.2) is 0 Å². The summed E-state index contributed by atoms with van der Waals surface area (Å²) in [4.78, 5) is 14.8. The normalized spacial score (nSPS) is 32.8. The van der Waals surface area contributed by atoms with E-state index < -0.39 is 10.0 Å². The first-order valence-corrected chi connectivity index (χ1v) is 10.9. The molecule has 3 rings (SSSR count). The van der Waals surface area contributed by atoms with Crippen molar-refractivity contribution in [1.29, 1.82) is 0 Å². The van der Waals surface area contributed by atoms with Crippen LogP contribution in [0.4, 0.5) is 0 Å². The standard InChI is InChI=1S/C17H30N2O4S/c1-23-13-17-8-9-18(16(20)14-6-4-3-5-7-14)10-15(17)11-19(12-17)24(2,21)22/h14-15H,3-13H2,1-2H3. The Morgan fingerprint density at radius 1 is 1.21 bits per heavy atom. The van der Waals surface area contributed by atoms with Crippen LogP contribution < -0.4 is 0 Å². The maximum absolute atomic E-state index is 12.8. The summed E-state index contributed by atoms with van der Waals surface area (Å²) in [6, 6.07) is 0. The summed E-state index contributed by atoms with van der Waals surface area (Å²) in [5.74, 6) is 0.646. The number of amides is 1. The van der Waals surface area contributed by atoms with Gasteiger partial charge in [-0.25, -0.2) is 12.7 Å². The quantitative estimate of drug-likeness (QED) is 0.760. The smallest absolute Gasteiger partial charge is 0.225 e. The van der Waals surface area contributed by atoms with Crippen LogP contribution in [-0.2, 0) is 19.6 Å². The summed E-state index contributed by atoms with van der Waals surface area (Å²) < 4.78 is 31.0. The lowest BCUT2D eigenvalue weighted by Gasteiger charge is -2.44. The zero-order valence-corrected chi connectivity index (χ0v) is 15.7. The lowest BCUT2D eigenvalue weighted by atomic mass is 9.73.